The van der Waals surface area contributed by atoms with E-state index in [9.17, 15) is 0 Å². The van der Waals surface area contributed by atoms with Gasteiger partial charge in [-0.05, 0) is 29.0 Å². The summed E-state index contributed by atoms with van der Waals surface area (Å²) in [6, 6.07) is 8.92. The Morgan fingerprint density at radius 1 is 1.13 bits per heavy atom. The van der Waals surface area contributed by atoms with Crippen LogP contribution in [0.25, 0.3) is 5.57 Å². The molecule has 80 valence electrons. The number of hydrogen-bond donors (Lipinski definition) is 0. The van der Waals surface area contributed by atoms with Crippen LogP contribution in [0.5, 0.6) is 0 Å². The third-order valence-corrected chi connectivity index (χ3v) is 2.91. The van der Waals surface area contributed by atoms with Gasteiger partial charge in [0.15, 0.2) is 0 Å². The summed E-state index contributed by atoms with van der Waals surface area (Å²) >= 11 is 0. The van der Waals surface area contributed by atoms with E-state index in [1.807, 2.05) is 0 Å². The van der Waals surface area contributed by atoms with Crippen LogP contribution in [0.15, 0.2) is 30.3 Å². The first-order valence-electron chi connectivity index (χ1n) is 5.64. The van der Waals surface area contributed by atoms with Gasteiger partial charge in [-0.25, -0.2) is 0 Å². The Hall–Kier alpha value is -1.08. The molecule has 0 fully saturated rings. The lowest BCUT2D eigenvalue weighted by Crippen LogP contribution is -2.03. The third-order valence-electron chi connectivity index (χ3n) is 2.91. The summed E-state index contributed by atoms with van der Waals surface area (Å²) in [7, 11) is 0. The van der Waals surface area contributed by atoms with Crippen molar-refractivity contribution in [2.45, 2.75) is 26.2 Å². The lowest BCUT2D eigenvalue weighted by Gasteiger charge is -2.14. The van der Waals surface area contributed by atoms with Crippen LogP contribution >= 0.6 is 0 Å². The molecule has 2 rings (SSSR count). The van der Waals surface area contributed by atoms with E-state index >= 15 is 0 Å². The van der Waals surface area contributed by atoms with E-state index < -0.39 is 0 Å². The average molecular weight is 202 g/mol. The van der Waals surface area contributed by atoms with Gasteiger partial charge in [0.25, 0.3) is 0 Å². The second-order valence-electron chi connectivity index (χ2n) is 4.33. The maximum Gasteiger partial charge on any atom is 0.0653 e. The molecule has 0 unspecified atom stereocenters. The molecule has 1 nitrogen and oxygen atoms in total. The van der Waals surface area contributed by atoms with E-state index in [0.29, 0.717) is 5.92 Å². The lowest BCUT2D eigenvalue weighted by atomic mass is 9.97. The quantitative estimate of drug-likeness (QED) is 0.711. The van der Waals surface area contributed by atoms with Gasteiger partial charge in [0.05, 0.1) is 13.2 Å². The van der Waals surface area contributed by atoms with E-state index in [1.165, 1.54) is 16.7 Å². The molecule has 0 radical (unpaired) electrons. The maximum atomic E-state index is 5.31. The molecule has 1 aliphatic rings. The minimum absolute atomic E-state index is 0.614. The zero-order valence-electron chi connectivity index (χ0n) is 9.49. The molecule has 1 heteroatoms. The van der Waals surface area contributed by atoms with Crippen molar-refractivity contribution < 1.29 is 4.74 Å². The van der Waals surface area contributed by atoms with Crippen molar-refractivity contribution in [2.24, 2.45) is 0 Å². The summed E-state index contributed by atoms with van der Waals surface area (Å²) in [6.45, 7) is 6.07. The Balaban J connectivity index is 2.19. The highest BCUT2D eigenvalue weighted by atomic mass is 16.5. The highest BCUT2D eigenvalue weighted by Crippen LogP contribution is 2.23. The highest BCUT2D eigenvalue weighted by Gasteiger charge is 2.06. The molecule has 0 amide bonds. The maximum absolute atomic E-state index is 5.31. The Labute approximate surface area is 91.8 Å². The fourth-order valence-corrected chi connectivity index (χ4v) is 1.87. The van der Waals surface area contributed by atoms with Gasteiger partial charge in [0, 0.05) is 0 Å². The van der Waals surface area contributed by atoms with Crippen LogP contribution < -0.4 is 0 Å². The van der Waals surface area contributed by atoms with E-state index in [-0.39, 0.29) is 0 Å². The largest absolute Gasteiger partial charge is 0.377 e. The topological polar surface area (TPSA) is 9.23 Å². The van der Waals surface area contributed by atoms with Crippen molar-refractivity contribution in [3.05, 3.63) is 41.5 Å². The molecular formula is C14H18O. The molecule has 15 heavy (non-hydrogen) atoms. The van der Waals surface area contributed by atoms with Crippen LogP contribution in [0.4, 0.5) is 0 Å². The molecule has 0 aliphatic carbocycles. The van der Waals surface area contributed by atoms with Crippen LogP contribution in [-0.4, -0.2) is 13.2 Å². The van der Waals surface area contributed by atoms with Gasteiger partial charge >= 0.3 is 0 Å². The van der Waals surface area contributed by atoms with Gasteiger partial charge in [0.1, 0.15) is 0 Å². The molecule has 0 atom stereocenters. The minimum atomic E-state index is 0.614. The smallest absolute Gasteiger partial charge is 0.0653 e. The van der Waals surface area contributed by atoms with E-state index in [2.05, 4.69) is 44.2 Å². The van der Waals surface area contributed by atoms with Crippen LogP contribution in [-0.2, 0) is 4.74 Å². The summed E-state index contributed by atoms with van der Waals surface area (Å²) in [4.78, 5) is 0. The Morgan fingerprint density at radius 3 is 2.40 bits per heavy atom. The van der Waals surface area contributed by atoms with Crippen molar-refractivity contribution in [1.82, 2.24) is 0 Å². The number of hydrogen-bond acceptors (Lipinski definition) is 1. The van der Waals surface area contributed by atoms with Crippen molar-refractivity contribution in [2.75, 3.05) is 13.2 Å². The van der Waals surface area contributed by atoms with Crippen LogP contribution in [0.3, 0.4) is 0 Å². The third kappa shape index (κ3) is 2.48. The van der Waals surface area contributed by atoms with Crippen molar-refractivity contribution in [1.29, 1.82) is 0 Å². The van der Waals surface area contributed by atoms with E-state index in [1.54, 1.807) is 0 Å². The van der Waals surface area contributed by atoms with Crippen molar-refractivity contribution in [3.8, 4) is 0 Å². The molecule has 1 heterocycles. The number of rotatable bonds is 2. The summed E-state index contributed by atoms with van der Waals surface area (Å²) < 4.78 is 5.31. The van der Waals surface area contributed by atoms with Gasteiger partial charge in [-0.3, -0.25) is 0 Å². The van der Waals surface area contributed by atoms with Crippen molar-refractivity contribution >= 4 is 5.57 Å². The summed E-state index contributed by atoms with van der Waals surface area (Å²) in [6.07, 6.45) is 3.23. The zero-order valence-corrected chi connectivity index (χ0v) is 9.49. The Kier molecular flexibility index (Phi) is 3.22. The van der Waals surface area contributed by atoms with Crippen LogP contribution in [0.2, 0.25) is 0 Å². The summed E-state index contributed by atoms with van der Waals surface area (Å²) in [5.74, 6) is 0.614. The first-order valence-corrected chi connectivity index (χ1v) is 5.64. The molecule has 0 spiro atoms. The second kappa shape index (κ2) is 4.63. The fraction of sp³-hybridized carbons (Fsp3) is 0.429. The molecule has 0 aromatic heterocycles. The van der Waals surface area contributed by atoms with Crippen LogP contribution in [0.1, 0.15) is 37.3 Å². The highest BCUT2D eigenvalue weighted by molar-refractivity contribution is 5.66. The van der Waals surface area contributed by atoms with E-state index in [4.69, 9.17) is 4.74 Å². The number of benzene rings is 1. The Bertz CT molecular complexity index is 346. The molecule has 0 saturated heterocycles. The molecular weight excluding hydrogens is 184 g/mol. The normalized spacial score (nSPS) is 16.6. The minimum Gasteiger partial charge on any atom is -0.377 e. The van der Waals surface area contributed by atoms with Gasteiger partial charge in [-0.15, -0.1) is 0 Å². The van der Waals surface area contributed by atoms with Gasteiger partial charge < -0.3 is 4.74 Å². The van der Waals surface area contributed by atoms with Crippen LogP contribution in [0, 0.1) is 0 Å². The molecule has 0 saturated carbocycles. The number of ether oxygens (including phenoxy) is 1. The molecule has 1 aliphatic heterocycles. The molecule has 0 bridgehead atoms. The predicted molar refractivity (Wildman–Crippen MR) is 63.9 cm³/mol. The monoisotopic (exact) mass is 202 g/mol. The Morgan fingerprint density at radius 2 is 1.87 bits per heavy atom. The standard InChI is InChI=1S/C14H18O/c1-11(2)12-3-5-13(6-4-12)14-7-9-15-10-8-14/h3-7,11H,8-10H2,1-2H3. The first kappa shape index (κ1) is 10.4. The fourth-order valence-electron chi connectivity index (χ4n) is 1.87. The SMILES string of the molecule is CC(C)c1ccc(C2=CCOCC2)cc1. The van der Waals surface area contributed by atoms with Gasteiger partial charge in [-0.1, -0.05) is 44.2 Å². The van der Waals surface area contributed by atoms with Crippen molar-refractivity contribution in [3.63, 3.8) is 0 Å². The van der Waals surface area contributed by atoms with E-state index in [0.717, 1.165) is 19.6 Å². The second-order valence-corrected chi connectivity index (χ2v) is 4.33. The molecule has 1 aromatic carbocycles. The molecule has 0 N–H and O–H groups in total. The summed E-state index contributed by atoms with van der Waals surface area (Å²) in [5, 5.41) is 0. The average Bonchev–Trinajstić information content (AvgIpc) is 2.30. The van der Waals surface area contributed by atoms with Gasteiger partial charge in [0.2, 0.25) is 0 Å². The molecule has 1 aromatic rings. The first-order chi connectivity index (χ1) is 7.27. The lowest BCUT2D eigenvalue weighted by molar-refractivity contribution is 0.161. The zero-order chi connectivity index (χ0) is 10.7. The van der Waals surface area contributed by atoms with Gasteiger partial charge in [-0.2, -0.15) is 0 Å². The predicted octanol–water partition coefficient (Wildman–Crippen LogP) is 3.61. The summed E-state index contributed by atoms with van der Waals surface area (Å²) in [5.41, 5.74) is 4.19.